The fourth-order valence-electron chi connectivity index (χ4n) is 3.78. The molecule has 0 aliphatic carbocycles. The van der Waals surface area contributed by atoms with Crippen molar-refractivity contribution in [2.75, 3.05) is 78.0 Å². The van der Waals surface area contributed by atoms with Gasteiger partial charge in [0.1, 0.15) is 0 Å². The number of ether oxygens (including phenoxy) is 1. The van der Waals surface area contributed by atoms with Gasteiger partial charge in [0.15, 0.2) is 5.96 Å². The number of hydrogen-bond acceptors (Lipinski definition) is 6. The van der Waals surface area contributed by atoms with Crippen LogP contribution in [0.25, 0.3) is 0 Å². The van der Waals surface area contributed by atoms with Crippen LogP contribution < -0.4 is 10.2 Å². The van der Waals surface area contributed by atoms with E-state index in [2.05, 4.69) is 35.0 Å². The molecule has 0 aromatic carbocycles. The summed E-state index contributed by atoms with van der Waals surface area (Å²) in [7, 11) is 3.65. The molecule has 1 aromatic rings. The van der Waals surface area contributed by atoms with Crippen LogP contribution in [-0.2, 0) is 4.74 Å². The number of methoxy groups -OCH3 is 1. The van der Waals surface area contributed by atoms with Crippen LogP contribution in [0.15, 0.2) is 23.5 Å². The van der Waals surface area contributed by atoms with Crippen molar-refractivity contribution >= 4 is 11.9 Å². The van der Waals surface area contributed by atoms with E-state index in [9.17, 15) is 0 Å². The highest BCUT2D eigenvalue weighted by Gasteiger charge is 2.23. The van der Waals surface area contributed by atoms with Crippen molar-refractivity contribution in [1.29, 1.82) is 0 Å². The lowest BCUT2D eigenvalue weighted by molar-refractivity contribution is 0.120. The topological polar surface area (TPSA) is 69.1 Å². The van der Waals surface area contributed by atoms with Gasteiger partial charge in [-0.2, -0.15) is 0 Å². The average Bonchev–Trinajstić information content (AvgIpc) is 2.74. The molecule has 2 fully saturated rings. The number of piperidine rings is 1. The van der Waals surface area contributed by atoms with Crippen molar-refractivity contribution < 1.29 is 4.74 Å². The molecule has 0 amide bonds. The Morgan fingerprint density at radius 2 is 1.85 bits per heavy atom. The van der Waals surface area contributed by atoms with Crippen LogP contribution in [-0.4, -0.2) is 98.8 Å². The minimum atomic E-state index is 0.722. The Morgan fingerprint density at radius 3 is 2.48 bits per heavy atom. The van der Waals surface area contributed by atoms with Crippen molar-refractivity contribution in [2.45, 2.75) is 12.8 Å². The molecule has 2 aliphatic heterocycles. The van der Waals surface area contributed by atoms with Gasteiger partial charge in [-0.05, 0) is 37.9 Å². The third-order valence-corrected chi connectivity index (χ3v) is 5.49. The zero-order valence-electron chi connectivity index (χ0n) is 16.7. The van der Waals surface area contributed by atoms with Crippen LogP contribution in [0, 0.1) is 5.92 Å². The molecule has 8 nitrogen and oxygen atoms in total. The monoisotopic (exact) mass is 375 g/mol. The van der Waals surface area contributed by atoms with Crippen LogP contribution in [0.2, 0.25) is 0 Å². The molecule has 3 heterocycles. The van der Waals surface area contributed by atoms with Crippen molar-refractivity contribution in [1.82, 2.24) is 25.1 Å². The normalized spacial score (nSPS) is 20.1. The molecule has 1 aromatic heterocycles. The van der Waals surface area contributed by atoms with E-state index < -0.39 is 0 Å². The van der Waals surface area contributed by atoms with Gasteiger partial charge in [0.05, 0.1) is 6.61 Å². The molecule has 8 heteroatoms. The molecular formula is C19H33N7O. The van der Waals surface area contributed by atoms with E-state index in [1.807, 2.05) is 13.1 Å². The first-order valence-electron chi connectivity index (χ1n) is 9.99. The molecule has 3 rings (SSSR count). The molecule has 0 unspecified atom stereocenters. The maximum Gasteiger partial charge on any atom is 0.225 e. The predicted molar refractivity (Wildman–Crippen MR) is 108 cm³/mol. The first kappa shape index (κ1) is 19.8. The summed E-state index contributed by atoms with van der Waals surface area (Å²) in [5.74, 6) is 2.56. The van der Waals surface area contributed by atoms with Crippen LogP contribution in [0.5, 0.6) is 0 Å². The third kappa shape index (κ3) is 5.77. The van der Waals surface area contributed by atoms with Gasteiger partial charge < -0.3 is 24.8 Å². The molecular weight excluding hydrogens is 342 g/mol. The number of aromatic nitrogens is 2. The number of nitrogens with one attached hydrogen (secondary N) is 1. The highest BCUT2D eigenvalue weighted by molar-refractivity contribution is 5.80. The zero-order chi connectivity index (χ0) is 18.9. The molecule has 1 N–H and O–H groups in total. The Kier molecular flexibility index (Phi) is 7.65. The number of rotatable bonds is 6. The van der Waals surface area contributed by atoms with E-state index >= 15 is 0 Å². The first-order valence-corrected chi connectivity index (χ1v) is 9.99. The number of nitrogens with zero attached hydrogens (tertiary/aromatic N) is 6. The number of likely N-dealkylation sites (tertiary alicyclic amines) is 1. The van der Waals surface area contributed by atoms with E-state index in [1.165, 1.54) is 25.9 Å². The van der Waals surface area contributed by atoms with E-state index in [4.69, 9.17) is 4.74 Å². The summed E-state index contributed by atoms with van der Waals surface area (Å²) in [6.45, 7) is 8.94. The first-order chi connectivity index (χ1) is 13.3. The molecule has 0 spiro atoms. The Morgan fingerprint density at radius 1 is 1.15 bits per heavy atom. The van der Waals surface area contributed by atoms with Crippen molar-refractivity contribution in [3.63, 3.8) is 0 Å². The van der Waals surface area contributed by atoms with E-state index in [0.717, 1.165) is 63.7 Å². The van der Waals surface area contributed by atoms with Gasteiger partial charge in [-0.3, -0.25) is 4.99 Å². The average molecular weight is 376 g/mol. The summed E-state index contributed by atoms with van der Waals surface area (Å²) < 4.78 is 5.18. The van der Waals surface area contributed by atoms with Crippen molar-refractivity contribution in [3.05, 3.63) is 18.5 Å². The van der Waals surface area contributed by atoms with Gasteiger partial charge in [-0.15, -0.1) is 0 Å². The maximum atomic E-state index is 5.18. The van der Waals surface area contributed by atoms with Crippen LogP contribution in [0.1, 0.15) is 12.8 Å². The molecule has 27 heavy (non-hydrogen) atoms. The number of aliphatic imine (C=N–C) groups is 1. The van der Waals surface area contributed by atoms with Crippen LogP contribution in [0.4, 0.5) is 5.95 Å². The van der Waals surface area contributed by atoms with Gasteiger partial charge in [-0.1, -0.05) is 0 Å². The van der Waals surface area contributed by atoms with Gasteiger partial charge in [-0.25, -0.2) is 9.97 Å². The van der Waals surface area contributed by atoms with E-state index in [0.29, 0.717) is 0 Å². The molecule has 2 saturated heterocycles. The quantitative estimate of drug-likeness (QED) is 0.575. The second kappa shape index (κ2) is 10.4. The number of hydrogen-bond donors (Lipinski definition) is 1. The number of guanidine groups is 1. The second-order valence-corrected chi connectivity index (χ2v) is 7.23. The molecule has 0 atom stereocenters. The van der Waals surface area contributed by atoms with Crippen molar-refractivity contribution in [3.8, 4) is 0 Å². The molecule has 0 saturated carbocycles. The van der Waals surface area contributed by atoms with E-state index in [-0.39, 0.29) is 0 Å². The Hall–Kier alpha value is -1.93. The third-order valence-electron chi connectivity index (χ3n) is 5.49. The Labute approximate surface area is 162 Å². The molecule has 0 radical (unpaired) electrons. The summed E-state index contributed by atoms with van der Waals surface area (Å²) in [6, 6.07) is 1.85. The predicted octanol–water partition coefficient (Wildman–Crippen LogP) is 0.532. The number of anilines is 1. The summed E-state index contributed by atoms with van der Waals surface area (Å²) in [5, 5.41) is 3.60. The minimum absolute atomic E-state index is 0.722. The maximum absolute atomic E-state index is 5.18. The van der Waals surface area contributed by atoms with E-state index in [1.54, 1.807) is 19.5 Å². The van der Waals surface area contributed by atoms with Gasteiger partial charge in [0.2, 0.25) is 5.95 Å². The fraction of sp³-hybridized carbons (Fsp3) is 0.737. The number of piperazine rings is 1. The standard InChI is InChI=1S/C19H33N7O/c1-20-18(23-16-17-4-8-24(9-5-17)14-15-27-2)25-10-12-26(13-11-25)19-21-6-3-7-22-19/h3,6-7,17H,4-5,8-16H2,1-2H3,(H,20,23). The molecule has 2 aliphatic rings. The smallest absolute Gasteiger partial charge is 0.225 e. The van der Waals surface area contributed by atoms with Crippen LogP contribution in [0.3, 0.4) is 0 Å². The Bertz CT molecular complexity index is 567. The summed E-state index contributed by atoms with van der Waals surface area (Å²) in [4.78, 5) is 20.3. The van der Waals surface area contributed by atoms with Crippen molar-refractivity contribution in [2.24, 2.45) is 10.9 Å². The zero-order valence-corrected chi connectivity index (χ0v) is 16.7. The highest BCUT2D eigenvalue weighted by Crippen LogP contribution is 2.16. The second-order valence-electron chi connectivity index (χ2n) is 7.23. The SMILES string of the molecule is CN=C(NCC1CCN(CCOC)CC1)N1CCN(c2ncccn2)CC1. The molecule has 150 valence electrons. The summed E-state index contributed by atoms with van der Waals surface area (Å²) in [5.41, 5.74) is 0. The summed E-state index contributed by atoms with van der Waals surface area (Å²) >= 11 is 0. The highest BCUT2D eigenvalue weighted by atomic mass is 16.5. The van der Waals surface area contributed by atoms with Crippen LogP contribution >= 0.6 is 0 Å². The van der Waals surface area contributed by atoms with Gasteiger partial charge in [0.25, 0.3) is 0 Å². The molecule has 0 bridgehead atoms. The lowest BCUT2D eigenvalue weighted by atomic mass is 9.97. The lowest BCUT2D eigenvalue weighted by Crippen LogP contribution is -2.53. The van der Waals surface area contributed by atoms with Gasteiger partial charge in [0, 0.05) is 65.8 Å². The minimum Gasteiger partial charge on any atom is -0.383 e. The lowest BCUT2D eigenvalue weighted by Gasteiger charge is -2.37. The fourth-order valence-corrected chi connectivity index (χ4v) is 3.78. The largest absolute Gasteiger partial charge is 0.383 e. The summed E-state index contributed by atoms with van der Waals surface area (Å²) in [6.07, 6.45) is 6.09. The Balaban J connectivity index is 1.39. The van der Waals surface area contributed by atoms with Gasteiger partial charge >= 0.3 is 0 Å².